The summed E-state index contributed by atoms with van der Waals surface area (Å²) in [6, 6.07) is 0. The minimum Gasteiger partial charge on any atom is -0.394 e. The molecule has 6 unspecified atom stereocenters. The molecule has 6 nitrogen and oxygen atoms in total. The molecular weight excluding hydrogens is 388 g/mol. The average molecular weight is 427 g/mol. The zero-order valence-corrected chi connectivity index (χ0v) is 19.4. The van der Waals surface area contributed by atoms with Gasteiger partial charge in [0, 0.05) is 6.20 Å². The van der Waals surface area contributed by atoms with Gasteiger partial charge in [0.15, 0.2) is 0 Å². The number of hydrogen-bond donors (Lipinski definition) is 1. The van der Waals surface area contributed by atoms with E-state index >= 15 is 0 Å². The summed E-state index contributed by atoms with van der Waals surface area (Å²) in [6.07, 6.45) is 14.5. The van der Waals surface area contributed by atoms with Crippen LogP contribution >= 0.6 is 0 Å². The van der Waals surface area contributed by atoms with Gasteiger partial charge in [-0.25, -0.2) is 4.68 Å². The molecule has 31 heavy (non-hydrogen) atoms. The van der Waals surface area contributed by atoms with Crippen molar-refractivity contribution in [2.75, 3.05) is 6.61 Å². The number of oxime groups is 1. The van der Waals surface area contributed by atoms with Crippen LogP contribution in [0.15, 0.2) is 23.0 Å². The number of nitrogens with zero attached hydrogens (tertiary/aromatic N) is 4. The van der Waals surface area contributed by atoms with Crippen molar-refractivity contribution in [3.05, 3.63) is 23.5 Å². The van der Waals surface area contributed by atoms with Gasteiger partial charge < -0.3 is 9.94 Å². The number of allylic oxidation sites excluding steroid dienone is 2. The number of aromatic nitrogens is 3. The van der Waals surface area contributed by atoms with E-state index in [1.54, 1.807) is 5.57 Å². The van der Waals surface area contributed by atoms with Crippen molar-refractivity contribution in [1.29, 1.82) is 0 Å². The molecule has 6 heteroatoms. The molecule has 3 fully saturated rings. The number of fused-ring (bicyclic) bond motifs is 5. The summed E-state index contributed by atoms with van der Waals surface area (Å²) in [5.41, 5.74) is 4.15. The number of aliphatic hydroxyl groups excluding tert-OH is 1. The Morgan fingerprint density at radius 1 is 1.16 bits per heavy atom. The molecule has 4 aliphatic rings. The normalized spacial score (nSPS) is 40.8. The number of aliphatic hydroxyl groups is 1. The van der Waals surface area contributed by atoms with Crippen molar-refractivity contribution in [3.8, 4) is 0 Å². The number of rotatable bonds is 5. The molecule has 0 aliphatic heterocycles. The molecular formula is C25H38N4O2. The van der Waals surface area contributed by atoms with Crippen molar-refractivity contribution in [1.82, 2.24) is 15.0 Å². The van der Waals surface area contributed by atoms with Crippen molar-refractivity contribution in [2.45, 2.75) is 91.2 Å². The first-order valence-electron chi connectivity index (χ1n) is 12.4. The Bertz CT molecular complexity index is 877. The van der Waals surface area contributed by atoms with Crippen LogP contribution < -0.4 is 0 Å². The van der Waals surface area contributed by atoms with E-state index in [0.717, 1.165) is 42.5 Å². The fraction of sp³-hybridized carbons (Fsp3) is 0.800. The largest absolute Gasteiger partial charge is 0.394 e. The number of hydrogen-bond acceptors (Lipinski definition) is 5. The molecule has 1 aromatic heterocycles. The van der Waals surface area contributed by atoms with Gasteiger partial charge in [-0.05, 0) is 92.4 Å². The Balaban J connectivity index is 1.24. The van der Waals surface area contributed by atoms with E-state index in [-0.39, 0.29) is 11.5 Å². The van der Waals surface area contributed by atoms with Gasteiger partial charge in [0.25, 0.3) is 0 Å². The van der Waals surface area contributed by atoms with Crippen LogP contribution in [0.2, 0.25) is 0 Å². The van der Waals surface area contributed by atoms with Crippen LogP contribution in [-0.2, 0) is 17.8 Å². The van der Waals surface area contributed by atoms with E-state index in [1.807, 2.05) is 10.9 Å². The van der Waals surface area contributed by atoms with Crippen LogP contribution in [-0.4, -0.2) is 38.5 Å². The lowest BCUT2D eigenvalue weighted by molar-refractivity contribution is -0.0722. The highest BCUT2D eigenvalue weighted by Crippen LogP contribution is 2.65. The van der Waals surface area contributed by atoms with Gasteiger partial charge in [0.1, 0.15) is 6.61 Å². The van der Waals surface area contributed by atoms with Crippen molar-refractivity contribution >= 4 is 5.71 Å². The molecule has 5 rings (SSSR count). The lowest BCUT2D eigenvalue weighted by Gasteiger charge is -2.57. The van der Waals surface area contributed by atoms with Gasteiger partial charge >= 0.3 is 0 Å². The third kappa shape index (κ3) is 3.55. The van der Waals surface area contributed by atoms with E-state index in [9.17, 15) is 5.11 Å². The SMILES string of the molecule is CCc1cn(CCON=C2C=C3CCC4C(CCC5(C)C(O)CCC45)C3(C)CC2)nn1. The highest BCUT2D eigenvalue weighted by molar-refractivity contribution is 5.96. The molecule has 1 heterocycles. The summed E-state index contributed by atoms with van der Waals surface area (Å²) in [6.45, 7) is 8.15. The molecule has 1 N–H and O–H groups in total. The van der Waals surface area contributed by atoms with Gasteiger partial charge in [0.05, 0.1) is 24.1 Å². The van der Waals surface area contributed by atoms with Gasteiger partial charge in [-0.1, -0.05) is 36.7 Å². The molecule has 3 saturated carbocycles. The average Bonchev–Trinajstić information content (AvgIpc) is 3.35. The smallest absolute Gasteiger partial charge is 0.136 e. The molecule has 0 spiro atoms. The Kier molecular flexibility index (Phi) is 5.48. The molecule has 0 aromatic carbocycles. The Labute approximate surface area is 186 Å². The van der Waals surface area contributed by atoms with Crippen LogP contribution in [0.3, 0.4) is 0 Å². The highest BCUT2D eigenvalue weighted by Gasteiger charge is 2.58. The van der Waals surface area contributed by atoms with E-state index in [4.69, 9.17) is 4.84 Å². The van der Waals surface area contributed by atoms with Gasteiger partial charge in [0.2, 0.25) is 0 Å². The third-order valence-corrected chi connectivity index (χ3v) is 9.47. The first kappa shape index (κ1) is 21.2. The number of aryl methyl sites for hydroxylation is 1. The minimum absolute atomic E-state index is 0.0866. The molecule has 0 amide bonds. The summed E-state index contributed by atoms with van der Waals surface area (Å²) in [5, 5.41) is 23.3. The molecule has 170 valence electrons. The van der Waals surface area contributed by atoms with Gasteiger partial charge in [-0.2, -0.15) is 0 Å². The first-order chi connectivity index (χ1) is 14.9. The Morgan fingerprint density at radius 3 is 2.84 bits per heavy atom. The third-order valence-electron chi connectivity index (χ3n) is 9.47. The van der Waals surface area contributed by atoms with Crippen LogP contribution in [0.5, 0.6) is 0 Å². The fourth-order valence-corrected chi connectivity index (χ4v) is 7.49. The quantitative estimate of drug-likeness (QED) is 0.554. The summed E-state index contributed by atoms with van der Waals surface area (Å²) in [5.74, 6) is 2.25. The predicted molar refractivity (Wildman–Crippen MR) is 120 cm³/mol. The van der Waals surface area contributed by atoms with Crippen LogP contribution in [0.4, 0.5) is 0 Å². The second-order valence-electron chi connectivity index (χ2n) is 10.9. The van der Waals surface area contributed by atoms with Crippen LogP contribution in [0.25, 0.3) is 0 Å². The molecule has 0 saturated heterocycles. The van der Waals surface area contributed by atoms with E-state index in [2.05, 4.69) is 42.3 Å². The summed E-state index contributed by atoms with van der Waals surface area (Å²) < 4.78 is 1.83. The topological polar surface area (TPSA) is 72.5 Å². The maximum absolute atomic E-state index is 10.6. The lowest BCUT2D eigenvalue weighted by Crippen LogP contribution is -2.51. The maximum Gasteiger partial charge on any atom is 0.136 e. The van der Waals surface area contributed by atoms with Crippen molar-refractivity contribution < 1.29 is 9.94 Å². The Morgan fingerprint density at radius 2 is 2.03 bits per heavy atom. The van der Waals surface area contributed by atoms with Crippen molar-refractivity contribution in [3.63, 3.8) is 0 Å². The van der Waals surface area contributed by atoms with Crippen LogP contribution in [0.1, 0.15) is 77.8 Å². The highest BCUT2D eigenvalue weighted by atomic mass is 16.6. The van der Waals surface area contributed by atoms with Crippen molar-refractivity contribution in [2.24, 2.45) is 33.7 Å². The molecule has 0 bridgehead atoms. The van der Waals surface area contributed by atoms with E-state index in [1.165, 1.54) is 38.5 Å². The standard InChI is InChI=1S/C25H38N4O2/c1-4-18-16-29(28-26-18)13-14-31-27-19-9-11-24(2)17(15-19)5-6-20-21-7-8-23(30)25(21,3)12-10-22(20)24/h15-16,20-23,30H,4-14H2,1-3H3. The van der Waals surface area contributed by atoms with Crippen LogP contribution in [0, 0.1) is 28.6 Å². The minimum atomic E-state index is -0.0866. The fourth-order valence-electron chi connectivity index (χ4n) is 7.49. The maximum atomic E-state index is 10.6. The Hall–Kier alpha value is -1.69. The second-order valence-corrected chi connectivity index (χ2v) is 10.9. The monoisotopic (exact) mass is 426 g/mol. The van der Waals surface area contributed by atoms with Gasteiger partial charge in [-0.15, -0.1) is 5.10 Å². The zero-order valence-electron chi connectivity index (χ0n) is 19.4. The van der Waals surface area contributed by atoms with E-state index in [0.29, 0.717) is 24.5 Å². The zero-order chi connectivity index (χ0) is 21.6. The molecule has 1 aromatic rings. The summed E-state index contributed by atoms with van der Waals surface area (Å²) in [7, 11) is 0. The summed E-state index contributed by atoms with van der Waals surface area (Å²) in [4.78, 5) is 5.65. The second kappa shape index (κ2) is 8.02. The molecule has 6 atom stereocenters. The van der Waals surface area contributed by atoms with Gasteiger partial charge in [-0.3, -0.25) is 0 Å². The van der Waals surface area contributed by atoms with E-state index < -0.39 is 0 Å². The molecule has 4 aliphatic carbocycles. The predicted octanol–water partition coefficient (Wildman–Crippen LogP) is 4.54. The first-order valence-corrected chi connectivity index (χ1v) is 12.4. The molecule has 0 radical (unpaired) electrons. The lowest BCUT2D eigenvalue weighted by atomic mass is 9.47. The summed E-state index contributed by atoms with van der Waals surface area (Å²) >= 11 is 0.